The number of hydrogen-bond donors (Lipinski definition) is 0. The topological polar surface area (TPSA) is 26.3 Å². The molecular weight excluding hydrogens is 348 g/mol. The van der Waals surface area contributed by atoms with Crippen LogP contribution in [0, 0.1) is 35.1 Å². The van der Waals surface area contributed by atoms with Crippen molar-refractivity contribution in [3.05, 3.63) is 47.5 Å². The van der Waals surface area contributed by atoms with Gasteiger partial charge in [-0.3, -0.25) is 4.79 Å². The molecule has 0 fully saturated rings. The highest BCUT2D eigenvalue weighted by Crippen LogP contribution is 2.08. The molecular formula is C21H21ClO2Si. The second kappa shape index (κ2) is 11.4. The van der Waals surface area contributed by atoms with Gasteiger partial charge in [0.05, 0.1) is 6.61 Å². The SMILES string of the molecule is C[Si](C)(C)C#CC(=O)c1ccccc1C#CC#CCOCC=CCCl. The second-order valence-electron chi connectivity index (χ2n) is 6.07. The smallest absolute Gasteiger partial charge is 0.236 e. The number of carbonyl (C=O) groups excluding carboxylic acids is 1. The van der Waals surface area contributed by atoms with E-state index in [9.17, 15) is 4.79 Å². The van der Waals surface area contributed by atoms with Crippen LogP contribution in [0.15, 0.2) is 36.4 Å². The second-order valence-corrected chi connectivity index (χ2v) is 11.1. The summed E-state index contributed by atoms with van der Waals surface area (Å²) >= 11 is 5.50. The molecule has 0 atom stereocenters. The zero-order chi connectivity index (χ0) is 18.5. The Kier molecular flexibility index (Phi) is 9.45. The standard InChI is InChI=1S/C21H21ClO2Si/c1-25(2,3)18-14-21(23)20-13-7-6-12-19(20)11-5-4-9-16-24-17-10-8-15-22/h6-8,10,12-13H,15-17H2,1-3H3. The first-order chi connectivity index (χ1) is 11.9. The summed E-state index contributed by atoms with van der Waals surface area (Å²) in [7, 11) is -1.59. The van der Waals surface area contributed by atoms with Gasteiger partial charge in [0.15, 0.2) is 0 Å². The Hall–Kier alpha value is -2.22. The van der Waals surface area contributed by atoms with Gasteiger partial charge in [-0.1, -0.05) is 55.8 Å². The molecule has 0 radical (unpaired) electrons. The van der Waals surface area contributed by atoms with Crippen LogP contribution >= 0.6 is 11.6 Å². The first-order valence-corrected chi connectivity index (χ1v) is 11.9. The third kappa shape index (κ3) is 9.61. The lowest BCUT2D eigenvalue weighted by molar-refractivity contribution is 0.105. The van der Waals surface area contributed by atoms with E-state index >= 15 is 0 Å². The third-order valence-corrected chi connectivity index (χ3v) is 3.77. The summed E-state index contributed by atoms with van der Waals surface area (Å²) in [6.07, 6.45) is 3.65. The minimum absolute atomic E-state index is 0.199. The molecule has 0 bridgehead atoms. The summed E-state index contributed by atoms with van der Waals surface area (Å²) in [4.78, 5) is 12.3. The summed E-state index contributed by atoms with van der Waals surface area (Å²) in [6.45, 7) is 7.07. The summed E-state index contributed by atoms with van der Waals surface area (Å²) in [5, 5.41) is 0. The van der Waals surface area contributed by atoms with E-state index in [1.54, 1.807) is 12.1 Å². The van der Waals surface area contributed by atoms with Crippen LogP contribution in [0.5, 0.6) is 0 Å². The van der Waals surface area contributed by atoms with Gasteiger partial charge in [-0.25, -0.2) is 0 Å². The number of hydrogen-bond acceptors (Lipinski definition) is 2. The lowest BCUT2D eigenvalue weighted by atomic mass is 10.0. The highest BCUT2D eigenvalue weighted by Gasteiger charge is 2.10. The lowest BCUT2D eigenvalue weighted by Gasteiger charge is -2.03. The molecule has 0 aliphatic rings. The first-order valence-electron chi connectivity index (χ1n) is 7.88. The number of ketones is 1. The molecule has 128 valence electrons. The molecule has 0 saturated heterocycles. The number of allylic oxidation sites excluding steroid dienone is 1. The van der Waals surface area contributed by atoms with Crippen molar-refractivity contribution >= 4 is 25.5 Å². The third-order valence-electron chi connectivity index (χ3n) is 2.71. The maximum atomic E-state index is 12.3. The van der Waals surface area contributed by atoms with Crippen molar-refractivity contribution in [2.24, 2.45) is 0 Å². The molecule has 2 nitrogen and oxygen atoms in total. The average Bonchev–Trinajstić information content (AvgIpc) is 2.58. The highest BCUT2D eigenvalue weighted by molar-refractivity contribution is 6.84. The fraction of sp³-hybridized carbons (Fsp3) is 0.286. The van der Waals surface area contributed by atoms with Crippen LogP contribution in [0.2, 0.25) is 19.6 Å². The van der Waals surface area contributed by atoms with Crippen molar-refractivity contribution in [3.63, 3.8) is 0 Å². The van der Waals surface area contributed by atoms with Gasteiger partial charge in [0.1, 0.15) is 14.7 Å². The molecule has 0 aromatic heterocycles. The monoisotopic (exact) mass is 368 g/mol. The number of carbonyl (C=O) groups is 1. The fourth-order valence-electron chi connectivity index (χ4n) is 1.59. The molecule has 0 spiro atoms. The van der Waals surface area contributed by atoms with Crippen LogP contribution in [0.1, 0.15) is 15.9 Å². The van der Waals surface area contributed by atoms with Gasteiger partial charge in [-0.2, -0.15) is 0 Å². The van der Waals surface area contributed by atoms with Crippen molar-refractivity contribution in [1.82, 2.24) is 0 Å². The number of benzene rings is 1. The number of Topliss-reactive ketones (excluding diaryl/α,β-unsaturated/α-hetero) is 1. The van der Waals surface area contributed by atoms with E-state index in [1.807, 2.05) is 24.3 Å². The molecule has 0 heterocycles. The van der Waals surface area contributed by atoms with Gasteiger partial charge in [0.25, 0.3) is 0 Å². The van der Waals surface area contributed by atoms with E-state index < -0.39 is 8.07 Å². The molecule has 0 aliphatic heterocycles. The number of halogens is 1. The minimum Gasteiger partial charge on any atom is -0.365 e. The van der Waals surface area contributed by atoms with E-state index in [1.165, 1.54) is 0 Å². The summed E-state index contributed by atoms with van der Waals surface area (Å²) in [5.41, 5.74) is 4.24. The Morgan fingerprint density at radius 2 is 1.96 bits per heavy atom. The van der Waals surface area contributed by atoms with Crippen LogP contribution in [-0.4, -0.2) is 33.0 Å². The minimum atomic E-state index is -1.59. The lowest BCUT2D eigenvalue weighted by Crippen LogP contribution is -2.17. The van der Waals surface area contributed by atoms with Crippen molar-refractivity contribution in [2.75, 3.05) is 19.1 Å². The Balaban J connectivity index is 2.74. The zero-order valence-electron chi connectivity index (χ0n) is 14.8. The van der Waals surface area contributed by atoms with Gasteiger partial charge < -0.3 is 4.74 Å². The van der Waals surface area contributed by atoms with Gasteiger partial charge in [0, 0.05) is 17.0 Å². The van der Waals surface area contributed by atoms with Crippen LogP contribution in [-0.2, 0) is 4.74 Å². The highest BCUT2D eigenvalue weighted by atomic mass is 35.5. The van der Waals surface area contributed by atoms with Crippen LogP contribution < -0.4 is 0 Å². The predicted molar refractivity (Wildman–Crippen MR) is 107 cm³/mol. The molecule has 0 N–H and O–H groups in total. The summed E-state index contributed by atoms with van der Waals surface area (Å²) in [6, 6.07) is 7.19. The Bertz CT molecular complexity index is 800. The molecule has 0 aliphatic carbocycles. The van der Waals surface area contributed by atoms with Gasteiger partial charge in [0.2, 0.25) is 5.78 Å². The van der Waals surface area contributed by atoms with Crippen LogP contribution in [0.25, 0.3) is 0 Å². The molecule has 1 rings (SSSR count). The first kappa shape index (κ1) is 20.8. The largest absolute Gasteiger partial charge is 0.365 e. The molecule has 4 heteroatoms. The molecule has 0 saturated carbocycles. The van der Waals surface area contributed by atoms with E-state index in [4.69, 9.17) is 16.3 Å². The normalized spacial score (nSPS) is 10.1. The number of alkyl halides is 1. The Morgan fingerprint density at radius 3 is 2.68 bits per heavy atom. The van der Waals surface area contributed by atoms with Crippen molar-refractivity contribution in [1.29, 1.82) is 0 Å². The molecule has 1 aromatic rings. The molecule has 25 heavy (non-hydrogen) atoms. The van der Waals surface area contributed by atoms with Gasteiger partial charge >= 0.3 is 0 Å². The fourth-order valence-corrected chi connectivity index (χ4v) is 2.20. The van der Waals surface area contributed by atoms with Crippen molar-refractivity contribution < 1.29 is 9.53 Å². The van der Waals surface area contributed by atoms with E-state index in [0.717, 1.165) is 0 Å². The van der Waals surface area contributed by atoms with Crippen LogP contribution in [0.3, 0.4) is 0 Å². The number of rotatable bonds is 5. The Morgan fingerprint density at radius 1 is 1.20 bits per heavy atom. The van der Waals surface area contributed by atoms with E-state index in [2.05, 4.69) is 54.8 Å². The zero-order valence-corrected chi connectivity index (χ0v) is 16.5. The molecule has 0 unspecified atom stereocenters. The van der Waals surface area contributed by atoms with Gasteiger partial charge in [-0.05, 0) is 29.9 Å². The predicted octanol–water partition coefficient (Wildman–Crippen LogP) is 3.92. The maximum absolute atomic E-state index is 12.3. The number of ether oxygens (including phenoxy) is 1. The van der Waals surface area contributed by atoms with E-state index in [0.29, 0.717) is 30.2 Å². The quantitative estimate of drug-likeness (QED) is 0.197. The summed E-state index contributed by atoms with van der Waals surface area (Å²) in [5.74, 6) is 14.2. The maximum Gasteiger partial charge on any atom is 0.236 e. The van der Waals surface area contributed by atoms with Crippen LogP contribution in [0.4, 0.5) is 0 Å². The summed E-state index contributed by atoms with van der Waals surface area (Å²) < 4.78 is 5.26. The Labute approximate surface area is 156 Å². The average molecular weight is 369 g/mol. The molecule has 0 amide bonds. The van der Waals surface area contributed by atoms with E-state index in [-0.39, 0.29) is 5.78 Å². The van der Waals surface area contributed by atoms with Gasteiger partial charge in [-0.15, -0.1) is 17.1 Å². The molecule has 1 aromatic carbocycles. The van der Waals surface area contributed by atoms with Crippen molar-refractivity contribution in [3.8, 4) is 35.1 Å². The van der Waals surface area contributed by atoms with Crippen molar-refractivity contribution in [2.45, 2.75) is 19.6 Å².